The van der Waals surface area contributed by atoms with Crippen molar-refractivity contribution in [1.29, 1.82) is 0 Å². The summed E-state index contributed by atoms with van der Waals surface area (Å²) in [5.41, 5.74) is 0.772. The highest BCUT2D eigenvalue weighted by Crippen LogP contribution is 2.40. The van der Waals surface area contributed by atoms with Crippen LogP contribution in [-0.4, -0.2) is 42.6 Å². The number of benzene rings is 1. The molecule has 7 heteroatoms. The molecule has 0 atom stereocenters. The SMILES string of the molecule is CC(C)CC(=O)N1CCC(NC(=O)/C=C/c2cc(Cl)c3c(c2)OCO3)CC1. The zero-order chi connectivity index (χ0) is 19.4. The van der Waals surface area contributed by atoms with Crippen molar-refractivity contribution in [2.24, 2.45) is 5.92 Å². The molecule has 0 aromatic heterocycles. The number of hydrogen-bond acceptors (Lipinski definition) is 4. The van der Waals surface area contributed by atoms with Crippen LogP contribution in [0.3, 0.4) is 0 Å². The van der Waals surface area contributed by atoms with Gasteiger partial charge in [0.1, 0.15) is 0 Å². The molecule has 2 aliphatic heterocycles. The molecule has 1 aromatic rings. The van der Waals surface area contributed by atoms with Crippen molar-refractivity contribution in [2.45, 2.75) is 39.2 Å². The van der Waals surface area contributed by atoms with Crippen LogP contribution < -0.4 is 14.8 Å². The fourth-order valence-corrected chi connectivity index (χ4v) is 3.53. The summed E-state index contributed by atoms with van der Waals surface area (Å²) in [7, 11) is 0. The molecule has 27 heavy (non-hydrogen) atoms. The Balaban J connectivity index is 1.48. The van der Waals surface area contributed by atoms with Crippen LogP contribution in [0, 0.1) is 5.92 Å². The first kappa shape index (κ1) is 19.5. The molecule has 146 valence electrons. The standard InChI is InChI=1S/C20H25ClN2O4/c1-13(2)9-19(25)23-7-5-15(6-8-23)22-18(24)4-3-14-10-16(21)20-17(11-14)26-12-27-20/h3-4,10-11,13,15H,5-9,12H2,1-2H3,(H,22,24)/b4-3+. The van der Waals surface area contributed by atoms with Crippen molar-refractivity contribution in [1.82, 2.24) is 10.2 Å². The molecular formula is C20H25ClN2O4. The Bertz CT molecular complexity index is 740. The number of fused-ring (bicyclic) bond motifs is 1. The number of rotatable bonds is 5. The van der Waals surface area contributed by atoms with Crippen molar-refractivity contribution >= 4 is 29.5 Å². The molecule has 6 nitrogen and oxygen atoms in total. The minimum atomic E-state index is -0.157. The largest absolute Gasteiger partial charge is 0.454 e. The van der Waals surface area contributed by atoms with Crippen LogP contribution in [0.2, 0.25) is 5.02 Å². The molecule has 2 amide bonds. The molecule has 0 aliphatic carbocycles. The third-order valence-electron chi connectivity index (χ3n) is 4.65. The average molecular weight is 393 g/mol. The molecule has 0 bridgehead atoms. The molecule has 2 aliphatic rings. The van der Waals surface area contributed by atoms with Gasteiger partial charge in [0.2, 0.25) is 18.6 Å². The van der Waals surface area contributed by atoms with E-state index >= 15 is 0 Å². The van der Waals surface area contributed by atoms with E-state index in [1.54, 1.807) is 18.2 Å². The second-order valence-corrected chi connectivity index (χ2v) is 7.74. The van der Waals surface area contributed by atoms with Crippen LogP contribution in [0.25, 0.3) is 6.08 Å². The summed E-state index contributed by atoms with van der Waals surface area (Å²) in [6.07, 6.45) is 5.32. The maximum atomic E-state index is 12.2. The highest BCUT2D eigenvalue weighted by Gasteiger charge is 2.23. The predicted molar refractivity (Wildman–Crippen MR) is 104 cm³/mol. The first-order valence-corrected chi connectivity index (χ1v) is 9.65. The summed E-state index contributed by atoms with van der Waals surface area (Å²) in [4.78, 5) is 26.2. The lowest BCUT2D eigenvalue weighted by molar-refractivity contribution is -0.133. The van der Waals surface area contributed by atoms with Gasteiger partial charge in [-0.1, -0.05) is 25.4 Å². The van der Waals surface area contributed by atoms with Crippen molar-refractivity contribution in [3.63, 3.8) is 0 Å². The van der Waals surface area contributed by atoms with E-state index in [4.69, 9.17) is 21.1 Å². The van der Waals surface area contributed by atoms with Gasteiger partial charge in [0.05, 0.1) is 5.02 Å². The molecule has 0 spiro atoms. The van der Waals surface area contributed by atoms with E-state index in [1.807, 2.05) is 18.7 Å². The summed E-state index contributed by atoms with van der Waals surface area (Å²) in [5.74, 6) is 1.54. The number of nitrogens with one attached hydrogen (secondary N) is 1. The fraction of sp³-hybridized carbons (Fsp3) is 0.500. The molecule has 2 heterocycles. The number of likely N-dealkylation sites (tertiary alicyclic amines) is 1. The molecule has 1 fully saturated rings. The Morgan fingerprint density at radius 3 is 2.74 bits per heavy atom. The van der Waals surface area contributed by atoms with Gasteiger partial charge in [0.25, 0.3) is 0 Å². The summed E-state index contributed by atoms with van der Waals surface area (Å²) in [5, 5.41) is 3.47. The van der Waals surface area contributed by atoms with E-state index in [0.717, 1.165) is 18.4 Å². The van der Waals surface area contributed by atoms with E-state index in [9.17, 15) is 9.59 Å². The zero-order valence-electron chi connectivity index (χ0n) is 15.7. The van der Waals surface area contributed by atoms with Gasteiger partial charge in [0, 0.05) is 31.6 Å². The van der Waals surface area contributed by atoms with E-state index < -0.39 is 0 Å². The zero-order valence-corrected chi connectivity index (χ0v) is 16.4. The van der Waals surface area contributed by atoms with Gasteiger partial charge in [-0.3, -0.25) is 9.59 Å². The maximum Gasteiger partial charge on any atom is 0.244 e. The second-order valence-electron chi connectivity index (χ2n) is 7.33. The van der Waals surface area contributed by atoms with E-state index in [-0.39, 0.29) is 24.6 Å². The third kappa shape index (κ3) is 5.16. The summed E-state index contributed by atoms with van der Waals surface area (Å²) in [6, 6.07) is 3.61. The quantitative estimate of drug-likeness (QED) is 0.781. The highest BCUT2D eigenvalue weighted by molar-refractivity contribution is 6.32. The van der Waals surface area contributed by atoms with Crippen LogP contribution in [0.1, 0.15) is 38.7 Å². The van der Waals surface area contributed by atoms with Gasteiger partial charge in [-0.05, 0) is 42.5 Å². The monoisotopic (exact) mass is 392 g/mol. The summed E-state index contributed by atoms with van der Waals surface area (Å²) < 4.78 is 10.6. The molecule has 0 saturated carbocycles. The van der Waals surface area contributed by atoms with E-state index in [1.165, 1.54) is 6.08 Å². The molecule has 0 unspecified atom stereocenters. The minimum absolute atomic E-state index is 0.0885. The van der Waals surface area contributed by atoms with Crippen LogP contribution in [-0.2, 0) is 9.59 Å². The van der Waals surface area contributed by atoms with Gasteiger partial charge in [0.15, 0.2) is 11.5 Å². The predicted octanol–water partition coefficient (Wildman–Crippen LogP) is 3.24. The number of carbonyl (C=O) groups is 2. The van der Waals surface area contributed by atoms with Gasteiger partial charge in [-0.2, -0.15) is 0 Å². The minimum Gasteiger partial charge on any atom is -0.454 e. The molecule has 1 aromatic carbocycles. The van der Waals surface area contributed by atoms with Gasteiger partial charge < -0.3 is 19.7 Å². The Hall–Kier alpha value is -2.21. The summed E-state index contributed by atoms with van der Waals surface area (Å²) in [6.45, 7) is 5.63. The molecule has 3 rings (SSSR count). The summed E-state index contributed by atoms with van der Waals surface area (Å²) >= 11 is 6.14. The van der Waals surface area contributed by atoms with Gasteiger partial charge in [-0.15, -0.1) is 0 Å². The Labute approximate surface area is 164 Å². The average Bonchev–Trinajstić information content (AvgIpc) is 3.09. The molecular weight excluding hydrogens is 368 g/mol. The Kier molecular flexibility index (Phi) is 6.26. The molecule has 0 radical (unpaired) electrons. The lowest BCUT2D eigenvalue weighted by Gasteiger charge is -2.32. The number of ether oxygens (including phenoxy) is 2. The first-order valence-electron chi connectivity index (χ1n) is 9.28. The fourth-order valence-electron chi connectivity index (χ4n) is 3.26. The van der Waals surface area contributed by atoms with Crippen LogP contribution in [0.15, 0.2) is 18.2 Å². The lowest BCUT2D eigenvalue weighted by Crippen LogP contribution is -2.46. The van der Waals surface area contributed by atoms with Gasteiger partial charge in [-0.25, -0.2) is 0 Å². The number of piperidine rings is 1. The highest BCUT2D eigenvalue weighted by atomic mass is 35.5. The molecule has 1 N–H and O–H groups in total. The lowest BCUT2D eigenvalue weighted by atomic mass is 10.0. The van der Waals surface area contributed by atoms with Crippen LogP contribution >= 0.6 is 11.6 Å². The second kappa shape index (κ2) is 8.65. The van der Waals surface area contributed by atoms with Crippen LogP contribution in [0.4, 0.5) is 0 Å². The van der Waals surface area contributed by atoms with Crippen molar-refractivity contribution in [2.75, 3.05) is 19.9 Å². The van der Waals surface area contributed by atoms with E-state index in [0.29, 0.717) is 41.9 Å². The number of nitrogens with zero attached hydrogens (tertiary/aromatic N) is 1. The third-order valence-corrected chi connectivity index (χ3v) is 4.93. The van der Waals surface area contributed by atoms with Crippen molar-refractivity contribution in [3.8, 4) is 11.5 Å². The van der Waals surface area contributed by atoms with E-state index in [2.05, 4.69) is 5.32 Å². The maximum absolute atomic E-state index is 12.2. The Morgan fingerprint density at radius 1 is 1.30 bits per heavy atom. The number of hydrogen-bond donors (Lipinski definition) is 1. The van der Waals surface area contributed by atoms with Crippen molar-refractivity contribution < 1.29 is 19.1 Å². The molecule has 1 saturated heterocycles. The number of carbonyl (C=O) groups excluding carboxylic acids is 2. The number of halogens is 1. The number of amides is 2. The topological polar surface area (TPSA) is 67.9 Å². The Morgan fingerprint density at radius 2 is 2.04 bits per heavy atom. The van der Waals surface area contributed by atoms with Gasteiger partial charge >= 0.3 is 0 Å². The van der Waals surface area contributed by atoms with Crippen molar-refractivity contribution in [3.05, 3.63) is 28.8 Å². The smallest absolute Gasteiger partial charge is 0.244 e. The van der Waals surface area contributed by atoms with Crippen LogP contribution in [0.5, 0.6) is 11.5 Å². The normalized spacial score (nSPS) is 17.0. The first-order chi connectivity index (χ1) is 12.9.